The van der Waals surface area contributed by atoms with Crippen molar-refractivity contribution in [3.63, 3.8) is 0 Å². The molecule has 1 heterocycles. The van der Waals surface area contributed by atoms with Crippen LogP contribution in [-0.2, 0) is 6.54 Å². The maximum Gasteiger partial charge on any atom is 0.150 e. The zero-order chi connectivity index (χ0) is 11.5. The number of methoxy groups -OCH3 is 1. The van der Waals surface area contributed by atoms with Gasteiger partial charge >= 0.3 is 0 Å². The SMILES string of the molecule is [CH2]c1nnn(Cc2ccc(OC)cc2)c1Cl. The molecule has 0 N–H and O–H groups in total. The van der Waals surface area contributed by atoms with Gasteiger partial charge in [-0.05, 0) is 17.7 Å². The Kier molecular flexibility index (Phi) is 3.10. The lowest BCUT2D eigenvalue weighted by atomic mass is 10.2. The summed E-state index contributed by atoms with van der Waals surface area (Å²) in [5, 5.41) is 8.15. The Balaban J connectivity index is 2.17. The molecule has 0 saturated heterocycles. The zero-order valence-corrected chi connectivity index (χ0v) is 9.61. The Morgan fingerprint density at radius 2 is 2.06 bits per heavy atom. The van der Waals surface area contributed by atoms with E-state index in [2.05, 4.69) is 17.2 Å². The number of hydrogen-bond donors (Lipinski definition) is 0. The first-order chi connectivity index (χ1) is 7.70. The fraction of sp³-hybridized carbons (Fsp3) is 0.182. The van der Waals surface area contributed by atoms with E-state index in [4.69, 9.17) is 16.3 Å². The predicted molar refractivity (Wildman–Crippen MR) is 61.6 cm³/mol. The van der Waals surface area contributed by atoms with Crippen molar-refractivity contribution < 1.29 is 4.74 Å². The van der Waals surface area contributed by atoms with Crippen LogP contribution in [0.4, 0.5) is 0 Å². The van der Waals surface area contributed by atoms with E-state index in [-0.39, 0.29) is 0 Å². The van der Waals surface area contributed by atoms with E-state index >= 15 is 0 Å². The molecule has 2 rings (SSSR count). The summed E-state index contributed by atoms with van der Waals surface area (Å²) < 4.78 is 6.68. The molecule has 1 radical (unpaired) electrons. The third-order valence-electron chi connectivity index (χ3n) is 2.23. The van der Waals surface area contributed by atoms with Crippen molar-refractivity contribution in [1.29, 1.82) is 0 Å². The van der Waals surface area contributed by atoms with Gasteiger partial charge in [0.1, 0.15) is 11.4 Å². The van der Waals surface area contributed by atoms with E-state index in [0.29, 0.717) is 17.4 Å². The molecule has 0 fully saturated rings. The summed E-state index contributed by atoms with van der Waals surface area (Å²) in [6, 6.07) is 7.70. The number of halogens is 1. The average Bonchev–Trinajstić information content (AvgIpc) is 2.62. The largest absolute Gasteiger partial charge is 0.497 e. The normalized spacial score (nSPS) is 10.4. The van der Waals surface area contributed by atoms with Crippen LogP contribution in [0.1, 0.15) is 11.3 Å². The molecule has 83 valence electrons. The van der Waals surface area contributed by atoms with Crippen LogP contribution in [0.25, 0.3) is 0 Å². The molecule has 0 amide bonds. The number of hydrogen-bond acceptors (Lipinski definition) is 3. The van der Waals surface area contributed by atoms with Crippen LogP contribution in [0.5, 0.6) is 5.75 Å². The maximum absolute atomic E-state index is 5.97. The van der Waals surface area contributed by atoms with E-state index in [1.165, 1.54) is 0 Å². The minimum atomic E-state index is 0.468. The van der Waals surface area contributed by atoms with Crippen LogP contribution < -0.4 is 4.74 Å². The average molecular weight is 237 g/mol. The van der Waals surface area contributed by atoms with Gasteiger partial charge in [-0.3, -0.25) is 0 Å². The fourth-order valence-corrected chi connectivity index (χ4v) is 1.47. The van der Waals surface area contributed by atoms with E-state index in [0.717, 1.165) is 11.3 Å². The van der Waals surface area contributed by atoms with Crippen molar-refractivity contribution in [1.82, 2.24) is 15.0 Å². The second kappa shape index (κ2) is 4.53. The maximum atomic E-state index is 5.97. The van der Waals surface area contributed by atoms with Crippen LogP contribution >= 0.6 is 11.6 Å². The van der Waals surface area contributed by atoms with Gasteiger partial charge in [0, 0.05) is 6.92 Å². The highest BCUT2D eigenvalue weighted by molar-refractivity contribution is 6.30. The first-order valence-corrected chi connectivity index (χ1v) is 5.12. The fourth-order valence-electron chi connectivity index (χ4n) is 1.34. The third-order valence-corrected chi connectivity index (χ3v) is 2.64. The van der Waals surface area contributed by atoms with Gasteiger partial charge in [-0.2, -0.15) is 0 Å². The molecule has 0 spiro atoms. The molecule has 0 aliphatic heterocycles. The Morgan fingerprint density at radius 1 is 1.38 bits per heavy atom. The lowest BCUT2D eigenvalue weighted by Gasteiger charge is -2.04. The molecule has 5 heteroatoms. The summed E-state index contributed by atoms with van der Waals surface area (Å²) in [7, 11) is 1.64. The van der Waals surface area contributed by atoms with Gasteiger partial charge in [-0.15, -0.1) is 5.10 Å². The molecule has 0 bridgehead atoms. The highest BCUT2D eigenvalue weighted by Crippen LogP contribution is 2.15. The number of aromatic nitrogens is 3. The number of nitrogens with zero attached hydrogens (tertiary/aromatic N) is 3. The minimum absolute atomic E-state index is 0.468. The van der Waals surface area contributed by atoms with Gasteiger partial charge in [0.15, 0.2) is 5.15 Å². The Morgan fingerprint density at radius 3 is 2.56 bits per heavy atom. The van der Waals surface area contributed by atoms with E-state index in [1.54, 1.807) is 11.8 Å². The molecule has 0 atom stereocenters. The molecule has 0 aliphatic carbocycles. The Bertz CT molecular complexity index is 478. The lowest BCUT2D eigenvalue weighted by molar-refractivity contribution is 0.414. The highest BCUT2D eigenvalue weighted by Gasteiger charge is 2.06. The second-order valence-electron chi connectivity index (χ2n) is 3.33. The molecular formula is C11H11ClN3O. The highest BCUT2D eigenvalue weighted by atomic mass is 35.5. The van der Waals surface area contributed by atoms with Gasteiger partial charge in [0.2, 0.25) is 0 Å². The summed E-state index contributed by atoms with van der Waals surface area (Å²) in [5.41, 5.74) is 1.57. The standard InChI is InChI=1S/C11H11ClN3O/c1-8-11(12)15(14-13-8)7-9-3-5-10(16-2)6-4-9/h3-6H,1,7H2,2H3. The Labute approximate surface area is 98.8 Å². The number of rotatable bonds is 3. The van der Waals surface area contributed by atoms with Gasteiger partial charge in [0.05, 0.1) is 13.7 Å². The van der Waals surface area contributed by atoms with Crippen molar-refractivity contribution >= 4 is 11.6 Å². The molecule has 0 saturated carbocycles. The van der Waals surface area contributed by atoms with E-state index < -0.39 is 0 Å². The summed E-state index contributed by atoms with van der Waals surface area (Å²) in [6.07, 6.45) is 0. The van der Waals surface area contributed by atoms with Crippen LogP contribution in [0, 0.1) is 6.92 Å². The van der Waals surface area contributed by atoms with Gasteiger partial charge in [0.25, 0.3) is 0 Å². The van der Waals surface area contributed by atoms with Crippen molar-refractivity contribution in [2.75, 3.05) is 7.11 Å². The first kappa shape index (κ1) is 11.0. The predicted octanol–water partition coefficient (Wildman–Crippen LogP) is 2.17. The van der Waals surface area contributed by atoms with Crippen molar-refractivity contribution in [3.8, 4) is 5.75 Å². The monoisotopic (exact) mass is 236 g/mol. The van der Waals surface area contributed by atoms with Crippen molar-refractivity contribution in [3.05, 3.63) is 47.6 Å². The van der Waals surface area contributed by atoms with E-state index in [9.17, 15) is 0 Å². The molecule has 1 aromatic carbocycles. The van der Waals surface area contributed by atoms with Crippen molar-refractivity contribution in [2.45, 2.75) is 6.54 Å². The van der Waals surface area contributed by atoms with E-state index in [1.807, 2.05) is 24.3 Å². The summed E-state index contributed by atoms with van der Waals surface area (Å²) in [6.45, 7) is 4.24. The second-order valence-corrected chi connectivity index (χ2v) is 3.69. The zero-order valence-electron chi connectivity index (χ0n) is 8.85. The molecular weight excluding hydrogens is 226 g/mol. The topological polar surface area (TPSA) is 39.9 Å². The molecule has 0 aliphatic rings. The van der Waals surface area contributed by atoms with Crippen LogP contribution in [-0.4, -0.2) is 22.1 Å². The van der Waals surface area contributed by atoms with Crippen LogP contribution in [0.2, 0.25) is 5.15 Å². The third kappa shape index (κ3) is 2.17. The molecule has 2 aromatic rings. The molecule has 0 unspecified atom stereocenters. The smallest absolute Gasteiger partial charge is 0.150 e. The van der Waals surface area contributed by atoms with Crippen molar-refractivity contribution in [2.24, 2.45) is 0 Å². The summed E-state index contributed by atoms with van der Waals surface area (Å²) in [4.78, 5) is 0. The van der Waals surface area contributed by atoms with Crippen LogP contribution in [0.3, 0.4) is 0 Å². The summed E-state index contributed by atoms with van der Waals surface area (Å²) >= 11 is 5.97. The quantitative estimate of drug-likeness (QED) is 0.820. The van der Waals surface area contributed by atoms with Gasteiger partial charge < -0.3 is 4.74 Å². The first-order valence-electron chi connectivity index (χ1n) is 4.74. The lowest BCUT2D eigenvalue weighted by Crippen LogP contribution is -2.02. The summed E-state index contributed by atoms with van der Waals surface area (Å²) in [5.74, 6) is 0.825. The molecule has 16 heavy (non-hydrogen) atoms. The number of benzene rings is 1. The van der Waals surface area contributed by atoms with Crippen LogP contribution in [0.15, 0.2) is 24.3 Å². The Hall–Kier alpha value is -1.55. The molecule has 4 nitrogen and oxygen atoms in total. The van der Waals surface area contributed by atoms with Gasteiger partial charge in [-0.25, -0.2) is 4.68 Å². The van der Waals surface area contributed by atoms with Gasteiger partial charge in [-0.1, -0.05) is 28.9 Å². The minimum Gasteiger partial charge on any atom is -0.497 e. The number of ether oxygens (including phenoxy) is 1. The molecule has 1 aromatic heterocycles.